The minimum Gasteiger partial charge on any atom is -0.497 e. The molecule has 3 rings (SSSR count). The summed E-state index contributed by atoms with van der Waals surface area (Å²) < 4.78 is 37.1. The van der Waals surface area contributed by atoms with Crippen molar-refractivity contribution in [1.29, 1.82) is 0 Å². The predicted octanol–water partition coefficient (Wildman–Crippen LogP) is 2.69. The number of nitrogens with one attached hydrogen (secondary N) is 1. The molecule has 0 spiro atoms. The number of nitrogens with zero attached hydrogens (tertiary/aromatic N) is 1. The van der Waals surface area contributed by atoms with E-state index in [4.69, 9.17) is 9.47 Å². The topological polar surface area (TPSA) is 67.9 Å². The summed E-state index contributed by atoms with van der Waals surface area (Å²) in [6.07, 6.45) is 1.97. The van der Waals surface area contributed by atoms with Crippen LogP contribution in [-0.2, 0) is 16.4 Å². The highest BCUT2D eigenvalue weighted by atomic mass is 32.2. The van der Waals surface area contributed by atoms with Crippen LogP contribution >= 0.6 is 0 Å². The first kappa shape index (κ1) is 20.6. The Bertz CT molecular complexity index is 860. The first-order valence-electron chi connectivity index (χ1n) is 9.45. The zero-order valence-corrected chi connectivity index (χ0v) is 17.4. The molecular formula is C21H28N2O4S. The van der Waals surface area contributed by atoms with Crippen molar-refractivity contribution in [3.8, 4) is 11.5 Å². The van der Waals surface area contributed by atoms with E-state index in [1.165, 1.54) is 9.87 Å². The van der Waals surface area contributed by atoms with E-state index in [-0.39, 0.29) is 6.04 Å². The summed E-state index contributed by atoms with van der Waals surface area (Å²) in [5.74, 6) is 1.51. The summed E-state index contributed by atoms with van der Waals surface area (Å²) >= 11 is 0. The lowest BCUT2D eigenvalue weighted by molar-refractivity contribution is 0.211. The van der Waals surface area contributed by atoms with Gasteiger partial charge in [-0.25, -0.2) is 8.42 Å². The van der Waals surface area contributed by atoms with Gasteiger partial charge in [-0.05, 0) is 61.7 Å². The van der Waals surface area contributed by atoms with Gasteiger partial charge in [0.1, 0.15) is 11.5 Å². The lowest BCUT2D eigenvalue weighted by atomic mass is 10.0. The van der Waals surface area contributed by atoms with Gasteiger partial charge in [0.15, 0.2) is 0 Å². The Morgan fingerprint density at radius 2 is 1.54 bits per heavy atom. The molecule has 0 bridgehead atoms. The molecule has 152 valence electrons. The third-order valence-electron chi connectivity index (χ3n) is 5.09. The molecule has 2 aromatic carbocycles. The van der Waals surface area contributed by atoms with Gasteiger partial charge >= 0.3 is 0 Å². The minimum absolute atomic E-state index is 0.193. The maximum atomic E-state index is 12.7. The summed E-state index contributed by atoms with van der Waals surface area (Å²) in [7, 11) is -0.207. The highest BCUT2D eigenvalue weighted by molar-refractivity contribution is 7.89. The molecule has 28 heavy (non-hydrogen) atoms. The third-order valence-corrected chi connectivity index (χ3v) is 6.94. The standard InChI is InChI=1S/C21H28N2O4S/c1-16(4-5-17-6-8-19(26-2)9-7-17)22-18-14-23(15-18)28(24,25)21-12-10-20(27-3)11-13-21/h6-13,16,18,22H,4-5,14-15H2,1-3H3. The van der Waals surface area contributed by atoms with E-state index in [1.54, 1.807) is 38.5 Å². The summed E-state index contributed by atoms with van der Waals surface area (Å²) in [6, 6.07) is 15.1. The van der Waals surface area contributed by atoms with Crippen molar-refractivity contribution < 1.29 is 17.9 Å². The van der Waals surface area contributed by atoms with Crippen molar-refractivity contribution in [2.24, 2.45) is 0 Å². The number of rotatable bonds is 9. The van der Waals surface area contributed by atoms with Gasteiger partial charge in [-0.3, -0.25) is 0 Å². The van der Waals surface area contributed by atoms with Gasteiger partial charge in [0.05, 0.1) is 19.1 Å². The average molecular weight is 405 g/mol. The van der Waals surface area contributed by atoms with E-state index < -0.39 is 10.0 Å². The minimum atomic E-state index is -3.43. The molecule has 1 aliphatic heterocycles. The van der Waals surface area contributed by atoms with Crippen molar-refractivity contribution in [3.63, 3.8) is 0 Å². The number of aryl methyl sites for hydroxylation is 1. The van der Waals surface area contributed by atoms with E-state index in [1.807, 2.05) is 12.1 Å². The average Bonchev–Trinajstić information content (AvgIpc) is 2.69. The number of benzene rings is 2. The van der Waals surface area contributed by atoms with Crippen LogP contribution in [0.25, 0.3) is 0 Å². The van der Waals surface area contributed by atoms with E-state index >= 15 is 0 Å². The Morgan fingerprint density at radius 3 is 2.07 bits per heavy atom. The fourth-order valence-electron chi connectivity index (χ4n) is 3.30. The third kappa shape index (κ3) is 4.84. The van der Waals surface area contributed by atoms with Crippen LogP contribution in [0.1, 0.15) is 18.9 Å². The molecule has 1 heterocycles. The Labute approximate surface area is 167 Å². The quantitative estimate of drug-likeness (QED) is 0.696. The van der Waals surface area contributed by atoms with E-state index in [0.29, 0.717) is 29.8 Å². The maximum absolute atomic E-state index is 12.7. The van der Waals surface area contributed by atoms with Gasteiger partial charge in [-0.1, -0.05) is 12.1 Å². The van der Waals surface area contributed by atoms with Crippen LogP contribution in [0.15, 0.2) is 53.4 Å². The number of hydrogen-bond donors (Lipinski definition) is 1. The van der Waals surface area contributed by atoms with Gasteiger partial charge < -0.3 is 14.8 Å². The van der Waals surface area contributed by atoms with Crippen molar-refractivity contribution in [2.45, 2.75) is 36.7 Å². The highest BCUT2D eigenvalue weighted by Gasteiger charge is 2.36. The summed E-state index contributed by atoms with van der Waals surface area (Å²) in [4.78, 5) is 0.305. The maximum Gasteiger partial charge on any atom is 0.243 e. The van der Waals surface area contributed by atoms with Gasteiger partial charge in [0, 0.05) is 25.2 Å². The second-order valence-electron chi connectivity index (χ2n) is 7.15. The van der Waals surface area contributed by atoms with Gasteiger partial charge in [-0.15, -0.1) is 0 Å². The summed E-state index contributed by atoms with van der Waals surface area (Å²) in [5.41, 5.74) is 1.27. The van der Waals surface area contributed by atoms with E-state index in [9.17, 15) is 8.42 Å². The second kappa shape index (κ2) is 8.94. The van der Waals surface area contributed by atoms with Crippen LogP contribution in [-0.4, -0.2) is 52.1 Å². The van der Waals surface area contributed by atoms with Crippen molar-refractivity contribution in [3.05, 3.63) is 54.1 Å². The number of ether oxygens (including phenoxy) is 2. The van der Waals surface area contributed by atoms with Gasteiger partial charge in [-0.2, -0.15) is 4.31 Å². The van der Waals surface area contributed by atoms with E-state index in [2.05, 4.69) is 24.4 Å². The van der Waals surface area contributed by atoms with Crippen molar-refractivity contribution in [2.75, 3.05) is 27.3 Å². The zero-order valence-electron chi connectivity index (χ0n) is 16.6. The molecule has 1 unspecified atom stereocenters. The Balaban J connectivity index is 1.45. The van der Waals surface area contributed by atoms with Crippen LogP contribution in [0.4, 0.5) is 0 Å². The molecule has 1 aliphatic rings. The number of sulfonamides is 1. The number of hydrogen-bond acceptors (Lipinski definition) is 5. The van der Waals surface area contributed by atoms with Crippen LogP contribution in [0, 0.1) is 0 Å². The largest absolute Gasteiger partial charge is 0.497 e. The SMILES string of the molecule is COc1ccc(CCC(C)NC2CN(S(=O)(=O)c3ccc(OC)cc3)C2)cc1. The number of methoxy groups -OCH3 is 2. The normalized spacial score (nSPS) is 16.4. The lowest BCUT2D eigenvalue weighted by Gasteiger charge is -2.40. The molecule has 7 heteroatoms. The first-order valence-corrected chi connectivity index (χ1v) is 10.9. The fraction of sp³-hybridized carbons (Fsp3) is 0.429. The van der Waals surface area contributed by atoms with Crippen LogP contribution in [0.2, 0.25) is 0 Å². The first-order chi connectivity index (χ1) is 13.4. The molecule has 2 aromatic rings. The summed E-state index contributed by atoms with van der Waals surface area (Å²) in [6.45, 7) is 3.15. The molecule has 6 nitrogen and oxygen atoms in total. The molecule has 1 N–H and O–H groups in total. The van der Waals surface area contributed by atoms with Crippen LogP contribution in [0.3, 0.4) is 0 Å². The Morgan fingerprint density at radius 1 is 1.00 bits per heavy atom. The van der Waals surface area contributed by atoms with Gasteiger partial charge in [0.25, 0.3) is 0 Å². The Hall–Kier alpha value is -2.09. The zero-order chi connectivity index (χ0) is 20.1. The predicted molar refractivity (Wildman–Crippen MR) is 109 cm³/mol. The molecule has 1 fully saturated rings. The van der Waals surface area contributed by atoms with Crippen LogP contribution < -0.4 is 14.8 Å². The lowest BCUT2D eigenvalue weighted by Crippen LogP contribution is -2.61. The smallest absolute Gasteiger partial charge is 0.243 e. The second-order valence-corrected chi connectivity index (χ2v) is 9.09. The monoisotopic (exact) mass is 404 g/mol. The molecule has 1 saturated heterocycles. The van der Waals surface area contributed by atoms with Crippen molar-refractivity contribution >= 4 is 10.0 Å². The molecule has 0 saturated carbocycles. The molecular weight excluding hydrogens is 376 g/mol. The molecule has 0 aromatic heterocycles. The van der Waals surface area contributed by atoms with Gasteiger partial charge in [0.2, 0.25) is 10.0 Å². The Kier molecular flexibility index (Phi) is 6.59. The highest BCUT2D eigenvalue weighted by Crippen LogP contribution is 2.24. The summed E-state index contributed by atoms with van der Waals surface area (Å²) in [5, 5.41) is 3.53. The molecule has 0 aliphatic carbocycles. The van der Waals surface area contributed by atoms with Crippen molar-refractivity contribution in [1.82, 2.24) is 9.62 Å². The molecule has 0 radical (unpaired) electrons. The van der Waals surface area contributed by atoms with Crippen LogP contribution in [0.5, 0.6) is 11.5 Å². The van der Waals surface area contributed by atoms with E-state index in [0.717, 1.165) is 18.6 Å². The fourth-order valence-corrected chi connectivity index (χ4v) is 4.83. The molecule has 1 atom stereocenters. The molecule has 0 amide bonds.